The fourth-order valence-corrected chi connectivity index (χ4v) is 2.17. The van der Waals surface area contributed by atoms with Gasteiger partial charge >= 0.3 is 0 Å². The van der Waals surface area contributed by atoms with E-state index in [1.54, 1.807) is 18.1 Å². The van der Waals surface area contributed by atoms with Crippen LogP contribution in [0.4, 0.5) is 5.82 Å². The molecule has 1 aliphatic rings. The van der Waals surface area contributed by atoms with E-state index in [1.165, 1.54) is 0 Å². The molecule has 1 aromatic carbocycles. The van der Waals surface area contributed by atoms with Gasteiger partial charge < -0.3 is 19.7 Å². The number of likely N-dealkylation sites (N-methyl/N-ethyl adjacent to an activating group) is 1. The second kappa shape index (κ2) is 5.47. The lowest BCUT2D eigenvalue weighted by Gasteiger charge is -2.15. The Kier molecular flexibility index (Phi) is 3.51. The van der Waals surface area contributed by atoms with E-state index in [2.05, 4.69) is 10.3 Å². The standard InChI is InChI=1S/C15H17N3O3/c1-3-18(2)14(19)8-17-15-11-7-13-12(20-9-21-13)6-10(11)4-5-16-15/h4-7H,3,8-9H2,1-2H3,(H,16,17). The first-order valence-electron chi connectivity index (χ1n) is 6.85. The van der Waals surface area contributed by atoms with Crippen molar-refractivity contribution in [3.05, 3.63) is 24.4 Å². The molecule has 6 nitrogen and oxygen atoms in total. The van der Waals surface area contributed by atoms with Crippen molar-refractivity contribution < 1.29 is 14.3 Å². The number of hydrogen-bond donors (Lipinski definition) is 1. The van der Waals surface area contributed by atoms with Crippen LogP contribution in [-0.4, -0.2) is 42.7 Å². The Labute approximate surface area is 122 Å². The molecule has 2 aromatic rings. The first kappa shape index (κ1) is 13.5. The SMILES string of the molecule is CCN(C)C(=O)CNc1nccc2cc3c(cc12)OCO3. The molecule has 0 saturated carbocycles. The van der Waals surface area contributed by atoms with Crippen LogP contribution in [0.15, 0.2) is 24.4 Å². The molecule has 0 aliphatic carbocycles. The number of rotatable bonds is 4. The highest BCUT2D eigenvalue weighted by Gasteiger charge is 2.16. The summed E-state index contributed by atoms with van der Waals surface area (Å²) in [7, 11) is 1.78. The Balaban J connectivity index is 1.87. The monoisotopic (exact) mass is 287 g/mol. The number of fused-ring (bicyclic) bond motifs is 2. The van der Waals surface area contributed by atoms with Gasteiger partial charge in [0.25, 0.3) is 0 Å². The van der Waals surface area contributed by atoms with Gasteiger partial charge in [0.05, 0.1) is 6.54 Å². The molecule has 1 aromatic heterocycles. The Bertz CT molecular complexity index is 687. The average Bonchev–Trinajstić information content (AvgIpc) is 2.96. The van der Waals surface area contributed by atoms with Crippen LogP contribution in [-0.2, 0) is 4.79 Å². The van der Waals surface area contributed by atoms with E-state index in [9.17, 15) is 4.79 Å². The van der Waals surface area contributed by atoms with E-state index < -0.39 is 0 Å². The molecular formula is C15H17N3O3. The maximum absolute atomic E-state index is 11.9. The van der Waals surface area contributed by atoms with Crippen LogP contribution in [0.5, 0.6) is 11.5 Å². The van der Waals surface area contributed by atoms with Gasteiger partial charge in [0.15, 0.2) is 11.5 Å². The summed E-state index contributed by atoms with van der Waals surface area (Å²) in [6.07, 6.45) is 1.71. The van der Waals surface area contributed by atoms with Crippen molar-refractivity contribution in [2.24, 2.45) is 0 Å². The first-order chi connectivity index (χ1) is 10.2. The number of nitrogens with zero attached hydrogens (tertiary/aromatic N) is 2. The third-order valence-electron chi connectivity index (χ3n) is 3.56. The van der Waals surface area contributed by atoms with Gasteiger partial charge in [0.1, 0.15) is 5.82 Å². The van der Waals surface area contributed by atoms with Crippen molar-refractivity contribution in [2.45, 2.75) is 6.92 Å². The quantitative estimate of drug-likeness (QED) is 0.930. The van der Waals surface area contributed by atoms with Crippen molar-refractivity contribution in [3.63, 3.8) is 0 Å². The van der Waals surface area contributed by atoms with Gasteiger partial charge in [-0.05, 0) is 30.5 Å². The summed E-state index contributed by atoms with van der Waals surface area (Å²) in [5, 5.41) is 5.00. The van der Waals surface area contributed by atoms with Crippen LogP contribution >= 0.6 is 0 Å². The van der Waals surface area contributed by atoms with E-state index >= 15 is 0 Å². The van der Waals surface area contributed by atoms with E-state index in [4.69, 9.17) is 9.47 Å². The third-order valence-corrected chi connectivity index (χ3v) is 3.56. The van der Waals surface area contributed by atoms with Crippen molar-refractivity contribution in [1.82, 2.24) is 9.88 Å². The molecule has 0 radical (unpaired) electrons. The van der Waals surface area contributed by atoms with E-state index in [0.717, 1.165) is 16.5 Å². The minimum atomic E-state index is 0.0250. The van der Waals surface area contributed by atoms with Gasteiger partial charge in [-0.15, -0.1) is 0 Å². The molecule has 3 rings (SSSR count). The Hall–Kier alpha value is -2.50. The van der Waals surface area contributed by atoms with Gasteiger partial charge in [-0.3, -0.25) is 4.79 Å². The number of carbonyl (C=O) groups is 1. The molecule has 6 heteroatoms. The van der Waals surface area contributed by atoms with Crippen LogP contribution in [0.2, 0.25) is 0 Å². The maximum Gasteiger partial charge on any atom is 0.241 e. The highest BCUT2D eigenvalue weighted by Crippen LogP contribution is 2.37. The molecule has 0 bridgehead atoms. The van der Waals surface area contributed by atoms with Gasteiger partial charge in [-0.1, -0.05) is 0 Å². The van der Waals surface area contributed by atoms with Crippen molar-refractivity contribution in [1.29, 1.82) is 0 Å². The molecule has 0 saturated heterocycles. The van der Waals surface area contributed by atoms with Crippen molar-refractivity contribution in [2.75, 3.05) is 32.2 Å². The van der Waals surface area contributed by atoms with E-state index in [1.807, 2.05) is 25.1 Å². The summed E-state index contributed by atoms with van der Waals surface area (Å²) in [4.78, 5) is 17.8. The number of nitrogens with one attached hydrogen (secondary N) is 1. The maximum atomic E-state index is 11.9. The molecule has 1 amide bonds. The predicted octanol–water partition coefficient (Wildman–Crippen LogP) is 1.85. The fraction of sp³-hybridized carbons (Fsp3) is 0.333. The number of hydrogen-bond acceptors (Lipinski definition) is 5. The normalized spacial score (nSPS) is 12.5. The summed E-state index contributed by atoms with van der Waals surface area (Å²) in [5.41, 5.74) is 0. The van der Waals surface area contributed by atoms with E-state index in [-0.39, 0.29) is 19.2 Å². The molecule has 1 N–H and O–H groups in total. The number of aromatic nitrogens is 1. The zero-order chi connectivity index (χ0) is 14.8. The van der Waals surface area contributed by atoms with Crippen molar-refractivity contribution >= 4 is 22.5 Å². The van der Waals surface area contributed by atoms with Gasteiger partial charge in [-0.2, -0.15) is 0 Å². The minimum absolute atomic E-state index is 0.0250. The van der Waals surface area contributed by atoms with Crippen LogP contribution in [0.1, 0.15) is 6.92 Å². The smallest absolute Gasteiger partial charge is 0.241 e. The average molecular weight is 287 g/mol. The summed E-state index contributed by atoms with van der Waals surface area (Å²) in [6.45, 7) is 3.07. The van der Waals surface area contributed by atoms with Crippen LogP contribution in [0.25, 0.3) is 10.8 Å². The molecule has 110 valence electrons. The van der Waals surface area contributed by atoms with Gasteiger partial charge in [-0.25, -0.2) is 4.98 Å². The zero-order valence-electron chi connectivity index (χ0n) is 12.0. The predicted molar refractivity (Wildman–Crippen MR) is 79.7 cm³/mol. The number of amides is 1. The number of pyridine rings is 1. The molecule has 1 aliphatic heterocycles. The second-order valence-electron chi connectivity index (χ2n) is 4.85. The molecule has 2 heterocycles. The van der Waals surface area contributed by atoms with E-state index in [0.29, 0.717) is 18.1 Å². The number of carbonyl (C=O) groups excluding carboxylic acids is 1. The number of anilines is 1. The lowest BCUT2D eigenvalue weighted by atomic mass is 10.1. The summed E-state index contributed by atoms with van der Waals surface area (Å²) < 4.78 is 10.8. The van der Waals surface area contributed by atoms with Crippen LogP contribution < -0.4 is 14.8 Å². The molecule has 0 atom stereocenters. The third kappa shape index (κ3) is 2.56. The molecule has 21 heavy (non-hydrogen) atoms. The summed E-state index contributed by atoms with van der Waals surface area (Å²) >= 11 is 0. The fourth-order valence-electron chi connectivity index (χ4n) is 2.17. The molecular weight excluding hydrogens is 270 g/mol. The molecule has 0 unspecified atom stereocenters. The summed E-state index contributed by atoms with van der Waals surface area (Å²) in [6, 6.07) is 5.72. The highest BCUT2D eigenvalue weighted by atomic mass is 16.7. The Morgan fingerprint density at radius 1 is 1.38 bits per heavy atom. The second-order valence-corrected chi connectivity index (χ2v) is 4.85. The zero-order valence-corrected chi connectivity index (χ0v) is 12.0. The Morgan fingerprint density at radius 3 is 2.90 bits per heavy atom. The lowest BCUT2D eigenvalue weighted by Crippen LogP contribution is -2.32. The van der Waals surface area contributed by atoms with Crippen molar-refractivity contribution in [3.8, 4) is 11.5 Å². The lowest BCUT2D eigenvalue weighted by molar-refractivity contribution is -0.127. The van der Waals surface area contributed by atoms with Gasteiger partial charge in [0, 0.05) is 25.2 Å². The largest absolute Gasteiger partial charge is 0.454 e. The first-order valence-corrected chi connectivity index (χ1v) is 6.85. The van der Waals surface area contributed by atoms with Gasteiger partial charge in [0.2, 0.25) is 12.7 Å². The molecule has 0 spiro atoms. The van der Waals surface area contributed by atoms with Crippen LogP contribution in [0, 0.1) is 0 Å². The summed E-state index contributed by atoms with van der Waals surface area (Å²) in [5.74, 6) is 2.14. The molecule has 0 fully saturated rings. The Morgan fingerprint density at radius 2 is 2.14 bits per heavy atom. The number of ether oxygens (including phenoxy) is 2. The highest BCUT2D eigenvalue weighted by molar-refractivity contribution is 5.95. The number of benzene rings is 1. The topological polar surface area (TPSA) is 63.7 Å². The van der Waals surface area contributed by atoms with Crippen LogP contribution in [0.3, 0.4) is 0 Å². The minimum Gasteiger partial charge on any atom is -0.454 e.